The highest BCUT2D eigenvalue weighted by atomic mass is 32.2. The summed E-state index contributed by atoms with van der Waals surface area (Å²) in [4.78, 5) is -0.183. The van der Waals surface area contributed by atoms with Gasteiger partial charge in [0.2, 0.25) is 10.0 Å². The number of sulfonamides is 1. The van der Waals surface area contributed by atoms with Gasteiger partial charge in [-0.15, -0.1) is 0 Å². The molecular formula is C8H9BN2O4S. The standard InChI is InChI=1S/C8H9BN2O4S/c1-11-16(14,15)8-3-6(5-10)2-7(4-8)9(12)13/h2-4,11-13H,1H3. The summed E-state index contributed by atoms with van der Waals surface area (Å²) in [5.74, 6) is 0. The van der Waals surface area contributed by atoms with Crippen LogP contribution in [0.25, 0.3) is 0 Å². The van der Waals surface area contributed by atoms with Gasteiger partial charge in [-0.1, -0.05) is 0 Å². The maximum Gasteiger partial charge on any atom is 0.488 e. The fourth-order valence-corrected chi connectivity index (χ4v) is 1.92. The van der Waals surface area contributed by atoms with Gasteiger partial charge in [-0.05, 0) is 30.7 Å². The largest absolute Gasteiger partial charge is 0.488 e. The predicted octanol–water partition coefficient (Wildman–Crippen LogP) is -1.85. The van der Waals surface area contributed by atoms with E-state index in [2.05, 4.69) is 4.72 Å². The molecule has 8 heteroatoms. The van der Waals surface area contributed by atoms with Crippen LogP contribution in [0.15, 0.2) is 23.1 Å². The van der Waals surface area contributed by atoms with Crippen molar-refractivity contribution in [2.75, 3.05) is 7.05 Å². The molecule has 1 aromatic rings. The van der Waals surface area contributed by atoms with Gasteiger partial charge >= 0.3 is 7.12 Å². The number of rotatable bonds is 3. The molecule has 16 heavy (non-hydrogen) atoms. The molecule has 0 fully saturated rings. The minimum absolute atomic E-state index is 0.0411. The summed E-state index contributed by atoms with van der Waals surface area (Å²) < 4.78 is 25.0. The van der Waals surface area contributed by atoms with Gasteiger partial charge in [0.15, 0.2) is 0 Å². The Morgan fingerprint density at radius 2 is 2.00 bits per heavy atom. The summed E-state index contributed by atoms with van der Waals surface area (Å²) >= 11 is 0. The summed E-state index contributed by atoms with van der Waals surface area (Å²) in [5, 5.41) is 26.6. The maximum absolute atomic E-state index is 11.5. The molecule has 0 saturated carbocycles. The van der Waals surface area contributed by atoms with E-state index >= 15 is 0 Å². The highest BCUT2D eigenvalue weighted by Gasteiger charge is 2.18. The number of nitriles is 1. The van der Waals surface area contributed by atoms with Crippen LogP contribution in [-0.4, -0.2) is 32.6 Å². The first-order valence-corrected chi connectivity index (χ1v) is 5.74. The van der Waals surface area contributed by atoms with Crippen LogP contribution < -0.4 is 10.2 Å². The van der Waals surface area contributed by atoms with E-state index in [9.17, 15) is 8.42 Å². The number of benzene rings is 1. The second kappa shape index (κ2) is 4.63. The average Bonchev–Trinajstić information content (AvgIpc) is 2.28. The Morgan fingerprint density at radius 1 is 1.38 bits per heavy atom. The summed E-state index contributed by atoms with van der Waals surface area (Å²) in [6.07, 6.45) is 0. The Morgan fingerprint density at radius 3 is 2.44 bits per heavy atom. The number of nitrogens with one attached hydrogen (secondary N) is 1. The lowest BCUT2D eigenvalue weighted by molar-refractivity contribution is 0.425. The van der Waals surface area contributed by atoms with Crippen molar-refractivity contribution >= 4 is 22.6 Å². The molecule has 0 aliphatic heterocycles. The van der Waals surface area contributed by atoms with Gasteiger partial charge in [0.25, 0.3) is 0 Å². The van der Waals surface area contributed by atoms with Crippen LogP contribution in [-0.2, 0) is 10.0 Å². The van der Waals surface area contributed by atoms with E-state index in [0.717, 1.165) is 12.1 Å². The van der Waals surface area contributed by atoms with E-state index < -0.39 is 17.1 Å². The van der Waals surface area contributed by atoms with E-state index in [-0.39, 0.29) is 15.9 Å². The molecule has 0 radical (unpaired) electrons. The highest BCUT2D eigenvalue weighted by Crippen LogP contribution is 2.09. The molecule has 0 heterocycles. The molecule has 0 amide bonds. The van der Waals surface area contributed by atoms with Crippen LogP contribution in [0, 0.1) is 11.3 Å². The molecule has 0 spiro atoms. The third-order valence-corrected chi connectivity index (χ3v) is 3.33. The van der Waals surface area contributed by atoms with Gasteiger partial charge in [0.05, 0.1) is 16.5 Å². The monoisotopic (exact) mass is 240 g/mol. The fraction of sp³-hybridized carbons (Fsp3) is 0.125. The van der Waals surface area contributed by atoms with E-state index in [4.69, 9.17) is 15.3 Å². The highest BCUT2D eigenvalue weighted by molar-refractivity contribution is 7.89. The first-order valence-electron chi connectivity index (χ1n) is 4.25. The van der Waals surface area contributed by atoms with E-state index in [0.29, 0.717) is 0 Å². The van der Waals surface area contributed by atoms with Crippen LogP contribution in [0.3, 0.4) is 0 Å². The number of nitrogens with zero attached hydrogens (tertiary/aromatic N) is 1. The predicted molar refractivity (Wildman–Crippen MR) is 57.2 cm³/mol. The number of hydrogen-bond donors (Lipinski definition) is 3. The quantitative estimate of drug-likeness (QED) is 0.537. The lowest BCUT2D eigenvalue weighted by Gasteiger charge is -2.06. The van der Waals surface area contributed by atoms with E-state index in [1.54, 1.807) is 6.07 Å². The van der Waals surface area contributed by atoms with E-state index in [1.807, 2.05) is 0 Å². The molecule has 0 saturated heterocycles. The third-order valence-electron chi connectivity index (χ3n) is 1.94. The van der Waals surface area contributed by atoms with Crippen molar-refractivity contribution in [1.82, 2.24) is 4.72 Å². The van der Waals surface area contributed by atoms with Gasteiger partial charge in [-0.25, -0.2) is 13.1 Å². The van der Waals surface area contributed by atoms with Crippen molar-refractivity contribution in [2.45, 2.75) is 4.90 Å². The number of hydrogen-bond acceptors (Lipinski definition) is 5. The molecule has 0 atom stereocenters. The summed E-state index contributed by atoms with van der Waals surface area (Å²) in [5.41, 5.74) is -0.00713. The van der Waals surface area contributed by atoms with Crippen molar-refractivity contribution in [1.29, 1.82) is 5.26 Å². The molecule has 0 bridgehead atoms. The Labute approximate surface area is 93.3 Å². The third kappa shape index (κ3) is 2.59. The van der Waals surface area contributed by atoms with Gasteiger partial charge in [-0.3, -0.25) is 0 Å². The van der Waals surface area contributed by atoms with Crippen molar-refractivity contribution in [3.8, 4) is 6.07 Å². The zero-order valence-electron chi connectivity index (χ0n) is 8.38. The van der Waals surface area contributed by atoms with Crippen LogP contribution in [0.1, 0.15) is 5.56 Å². The molecule has 1 rings (SSSR count). The summed E-state index contributed by atoms with van der Waals surface area (Å²) in [7, 11) is -4.30. The molecule has 0 aliphatic rings. The van der Waals surface area contributed by atoms with Crippen LogP contribution >= 0.6 is 0 Å². The first-order chi connectivity index (χ1) is 7.40. The van der Waals surface area contributed by atoms with Crippen molar-refractivity contribution in [3.05, 3.63) is 23.8 Å². The van der Waals surface area contributed by atoms with Crippen molar-refractivity contribution in [3.63, 3.8) is 0 Å². The van der Waals surface area contributed by atoms with Gasteiger partial charge in [0, 0.05) is 0 Å². The molecule has 84 valence electrons. The molecule has 0 unspecified atom stereocenters. The second-order valence-electron chi connectivity index (χ2n) is 2.98. The Hall–Kier alpha value is -1.40. The Bertz CT molecular complexity index is 535. The topological polar surface area (TPSA) is 110 Å². The maximum atomic E-state index is 11.5. The smallest absolute Gasteiger partial charge is 0.423 e. The lowest BCUT2D eigenvalue weighted by atomic mass is 9.80. The van der Waals surface area contributed by atoms with Gasteiger partial charge in [-0.2, -0.15) is 5.26 Å². The molecule has 3 N–H and O–H groups in total. The van der Waals surface area contributed by atoms with Gasteiger partial charge < -0.3 is 10.0 Å². The van der Waals surface area contributed by atoms with Crippen LogP contribution in [0.2, 0.25) is 0 Å². The summed E-state index contributed by atoms with van der Waals surface area (Å²) in [6.45, 7) is 0. The van der Waals surface area contributed by atoms with E-state index in [1.165, 1.54) is 13.1 Å². The minimum atomic E-state index is -3.71. The van der Waals surface area contributed by atoms with Crippen molar-refractivity contribution in [2.24, 2.45) is 0 Å². The molecular weight excluding hydrogens is 231 g/mol. The van der Waals surface area contributed by atoms with Crippen LogP contribution in [0.5, 0.6) is 0 Å². The van der Waals surface area contributed by atoms with Crippen molar-refractivity contribution < 1.29 is 18.5 Å². The molecule has 6 nitrogen and oxygen atoms in total. The normalized spacial score (nSPS) is 10.9. The van der Waals surface area contributed by atoms with Crippen LogP contribution in [0.4, 0.5) is 0 Å². The first kappa shape index (κ1) is 12.7. The zero-order valence-corrected chi connectivity index (χ0v) is 9.19. The Kier molecular flexibility index (Phi) is 3.67. The lowest BCUT2D eigenvalue weighted by Crippen LogP contribution is -2.31. The summed E-state index contributed by atoms with van der Waals surface area (Å²) in [6, 6.07) is 5.20. The zero-order chi connectivity index (χ0) is 12.3. The molecule has 1 aromatic carbocycles. The average molecular weight is 240 g/mol. The minimum Gasteiger partial charge on any atom is -0.423 e. The fourth-order valence-electron chi connectivity index (χ4n) is 1.11. The van der Waals surface area contributed by atoms with Gasteiger partial charge in [0.1, 0.15) is 0 Å². The molecule has 0 aliphatic carbocycles. The Balaban J connectivity index is 3.43. The SMILES string of the molecule is CNS(=O)(=O)c1cc(C#N)cc(B(O)O)c1. The molecule has 0 aromatic heterocycles. The second-order valence-corrected chi connectivity index (χ2v) is 4.87.